The fraction of sp³-hybridized carbons (Fsp3) is 0.417. The number of ether oxygens (including phenoxy) is 1. The van der Waals surface area contributed by atoms with E-state index >= 15 is 0 Å². The number of anilines is 1. The van der Waals surface area contributed by atoms with Crippen molar-refractivity contribution in [3.05, 3.63) is 29.6 Å². The van der Waals surface area contributed by atoms with Crippen molar-refractivity contribution < 1.29 is 19.0 Å². The Morgan fingerprint density at radius 2 is 2.18 bits per heavy atom. The van der Waals surface area contributed by atoms with Gasteiger partial charge in [0.2, 0.25) is 0 Å². The zero-order chi connectivity index (χ0) is 13.0. The minimum atomic E-state index is -1.03. The summed E-state index contributed by atoms with van der Waals surface area (Å²) in [5, 5.41) is 8.91. The topological polar surface area (TPSA) is 49.8 Å². The minimum Gasteiger partial charge on any atom is -0.479 e. The van der Waals surface area contributed by atoms with E-state index in [2.05, 4.69) is 0 Å². The van der Waals surface area contributed by atoms with Crippen LogP contribution in [0.3, 0.4) is 0 Å². The number of rotatable bonds is 5. The van der Waals surface area contributed by atoms with Crippen LogP contribution in [0.2, 0.25) is 0 Å². The predicted molar refractivity (Wildman–Crippen MR) is 62.9 cm³/mol. The van der Waals surface area contributed by atoms with Gasteiger partial charge in [0, 0.05) is 33.3 Å². The summed E-state index contributed by atoms with van der Waals surface area (Å²) in [4.78, 5) is 12.6. The van der Waals surface area contributed by atoms with E-state index in [1.165, 1.54) is 19.2 Å². The first kappa shape index (κ1) is 13.4. The second kappa shape index (κ2) is 5.63. The van der Waals surface area contributed by atoms with Gasteiger partial charge in [-0.05, 0) is 17.7 Å². The van der Waals surface area contributed by atoms with Gasteiger partial charge in [-0.15, -0.1) is 0 Å². The molecule has 0 aromatic heterocycles. The molecular formula is C12H16FNO3. The maximum atomic E-state index is 13.1. The van der Waals surface area contributed by atoms with E-state index in [1.807, 2.05) is 0 Å². The summed E-state index contributed by atoms with van der Waals surface area (Å²) < 4.78 is 18.0. The molecule has 5 heteroatoms. The summed E-state index contributed by atoms with van der Waals surface area (Å²) in [6.45, 7) is 0. The molecule has 1 atom stereocenters. The Balaban J connectivity index is 3.01. The molecule has 0 radical (unpaired) electrons. The van der Waals surface area contributed by atoms with Crippen molar-refractivity contribution in [2.45, 2.75) is 12.5 Å². The molecule has 0 aliphatic heterocycles. The van der Waals surface area contributed by atoms with Gasteiger partial charge in [-0.2, -0.15) is 0 Å². The first-order valence-electron chi connectivity index (χ1n) is 5.17. The van der Waals surface area contributed by atoms with Gasteiger partial charge in [0.15, 0.2) is 6.10 Å². The fourth-order valence-electron chi connectivity index (χ4n) is 1.60. The van der Waals surface area contributed by atoms with Crippen molar-refractivity contribution in [2.24, 2.45) is 0 Å². The Hall–Kier alpha value is -1.62. The number of aliphatic carboxylic acids is 1. The van der Waals surface area contributed by atoms with E-state index in [-0.39, 0.29) is 12.2 Å². The number of methoxy groups -OCH3 is 1. The quantitative estimate of drug-likeness (QED) is 0.849. The molecule has 0 aliphatic carbocycles. The molecular weight excluding hydrogens is 225 g/mol. The SMILES string of the molecule is COC(Cc1ccc(F)cc1N(C)C)C(=O)O. The Morgan fingerprint density at radius 1 is 1.53 bits per heavy atom. The highest BCUT2D eigenvalue weighted by molar-refractivity contribution is 5.73. The number of hydrogen-bond acceptors (Lipinski definition) is 3. The lowest BCUT2D eigenvalue weighted by Gasteiger charge is -2.19. The third-order valence-electron chi connectivity index (χ3n) is 2.49. The first-order valence-corrected chi connectivity index (χ1v) is 5.17. The van der Waals surface area contributed by atoms with Gasteiger partial charge >= 0.3 is 5.97 Å². The molecule has 0 bridgehead atoms. The Kier molecular flexibility index (Phi) is 4.45. The molecule has 0 amide bonds. The molecule has 1 unspecified atom stereocenters. The van der Waals surface area contributed by atoms with Crippen LogP contribution in [0.15, 0.2) is 18.2 Å². The van der Waals surface area contributed by atoms with E-state index in [4.69, 9.17) is 9.84 Å². The standard InChI is InChI=1S/C12H16FNO3/c1-14(2)10-7-9(13)5-4-8(10)6-11(17-3)12(15)16/h4-5,7,11H,6H2,1-3H3,(H,15,16). The normalized spacial score (nSPS) is 12.2. The highest BCUT2D eigenvalue weighted by Gasteiger charge is 2.19. The third-order valence-corrected chi connectivity index (χ3v) is 2.49. The van der Waals surface area contributed by atoms with Crippen LogP contribution in [0.5, 0.6) is 0 Å². The molecule has 0 saturated heterocycles. The number of halogens is 1. The maximum Gasteiger partial charge on any atom is 0.333 e. The second-order valence-electron chi connectivity index (χ2n) is 3.93. The fourth-order valence-corrected chi connectivity index (χ4v) is 1.60. The number of carbonyl (C=O) groups is 1. The largest absolute Gasteiger partial charge is 0.479 e. The molecule has 0 aliphatic rings. The summed E-state index contributed by atoms with van der Waals surface area (Å²) in [5.74, 6) is -1.37. The molecule has 0 spiro atoms. The zero-order valence-corrected chi connectivity index (χ0v) is 10.1. The summed E-state index contributed by atoms with van der Waals surface area (Å²) in [6, 6.07) is 4.28. The maximum absolute atomic E-state index is 13.1. The summed E-state index contributed by atoms with van der Waals surface area (Å²) >= 11 is 0. The minimum absolute atomic E-state index is 0.208. The Labute approximate surface area is 99.6 Å². The van der Waals surface area contributed by atoms with Crippen LogP contribution in [-0.4, -0.2) is 38.4 Å². The van der Waals surface area contributed by atoms with Crippen LogP contribution in [0, 0.1) is 5.82 Å². The van der Waals surface area contributed by atoms with E-state index in [0.717, 1.165) is 5.56 Å². The van der Waals surface area contributed by atoms with Gasteiger partial charge in [0.1, 0.15) is 5.82 Å². The summed E-state index contributed by atoms with van der Waals surface area (Å²) in [5.41, 5.74) is 1.40. The lowest BCUT2D eigenvalue weighted by atomic mass is 10.0. The van der Waals surface area contributed by atoms with Crippen LogP contribution in [-0.2, 0) is 16.0 Å². The number of hydrogen-bond donors (Lipinski definition) is 1. The molecule has 17 heavy (non-hydrogen) atoms. The zero-order valence-electron chi connectivity index (χ0n) is 10.1. The van der Waals surface area contributed by atoms with E-state index in [0.29, 0.717) is 5.69 Å². The number of benzene rings is 1. The smallest absolute Gasteiger partial charge is 0.333 e. The van der Waals surface area contributed by atoms with Crippen LogP contribution in [0.4, 0.5) is 10.1 Å². The molecule has 1 N–H and O–H groups in total. The van der Waals surface area contributed by atoms with E-state index in [1.54, 1.807) is 25.1 Å². The van der Waals surface area contributed by atoms with Gasteiger partial charge in [-0.3, -0.25) is 0 Å². The van der Waals surface area contributed by atoms with Crippen LogP contribution in [0.25, 0.3) is 0 Å². The molecule has 0 heterocycles. The van der Waals surface area contributed by atoms with Gasteiger partial charge in [-0.25, -0.2) is 9.18 Å². The molecule has 1 rings (SSSR count). The Bertz CT molecular complexity index is 407. The van der Waals surface area contributed by atoms with Gasteiger partial charge in [0.05, 0.1) is 0 Å². The summed E-state index contributed by atoms with van der Waals surface area (Å²) in [7, 11) is 4.90. The monoisotopic (exact) mass is 241 g/mol. The molecule has 1 aromatic carbocycles. The van der Waals surface area contributed by atoms with Crippen molar-refractivity contribution in [1.82, 2.24) is 0 Å². The third kappa shape index (κ3) is 3.42. The average molecular weight is 241 g/mol. The van der Waals surface area contributed by atoms with E-state index < -0.39 is 12.1 Å². The highest BCUT2D eigenvalue weighted by Crippen LogP contribution is 2.22. The number of carboxylic acids is 1. The lowest BCUT2D eigenvalue weighted by Crippen LogP contribution is -2.26. The van der Waals surface area contributed by atoms with Crippen molar-refractivity contribution in [1.29, 1.82) is 0 Å². The first-order chi connectivity index (χ1) is 7.95. The van der Waals surface area contributed by atoms with Crippen molar-refractivity contribution in [2.75, 3.05) is 26.1 Å². The molecule has 0 fully saturated rings. The van der Waals surface area contributed by atoms with Crippen LogP contribution in [0.1, 0.15) is 5.56 Å². The Morgan fingerprint density at radius 3 is 2.65 bits per heavy atom. The van der Waals surface area contributed by atoms with Crippen LogP contribution >= 0.6 is 0 Å². The number of carboxylic acid groups (broad SMARTS) is 1. The van der Waals surface area contributed by atoms with Crippen LogP contribution < -0.4 is 4.90 Å². The van der Waals surface area contributed by atoms with Gasteiger partial charge in [0.25, 0.3) is 0 Å². The lowest BCUT2D eigenvalue weighted by molar-refractivity contribution is -0.148. The predicted octanol–water partition coefficient (Wildman–Crippen LogP) is 1.53. The molecule has 94 valence electrons. The van der Waals surface area contributed by atoms with Crippen molar-refractivity contribution in [3.63, 3.8) is 0 Å². The van der Waals surface area contributed by atoms with Crippen molar-refractivity contribution >= 4 is 11.7 Å². The average Bonchev–Trinajstić information content (AvgIpc) is 2.26. The van der Waals surface area contributed by atoms with Gasteiger partial charge < -0.3 is 14.7 Å². The molecule has 0 saturated carbocycles. The van der Waals surface area contributed by atoms with Crippen molar-refractivity contribution in [3.8, 4) is 0 Å². The van der Waals surface area contributed by atoms with E-state index in [9.17, 15) is 9.18 Å². The van der Waals surface area contributed by atoms with Gasteiger partial charge in [-0.1, -0.05) is 6.07 Å². The molecule has 1 aromatic rings. The molecule has 4 nitrogen and oxygen atoms in total. The highest BCUT2D eigenvalue weighted by atomic mass is 19.1. The number of nitrogens with zero attached hydrogens (tertiary/aromatic N) is 1. The summed E-state index contributed by atoms with van der Waals surface area (Å²) in [6.07, 6.45) is -0.709. The second-order valence-corrected chi connectivity index (χ2v) is 3.93.